The number of nitrogens with one attached hydrogen (secondary N) is 2. The summed E-state index contributed by atoms with van der Waals surface area (Å²) in [7, 11) is 5.45. The number of rotatable bonds is 10. The summed E-state index contributed by atoms with van der Waals surface area (Å²) in [6.07, 6.45) is 3.55. The first kappa shape index (κ1) is 27.1. The highest BCUT2D eigenvalue weighted by Crippen LogP contribution is 2.33. The van der Waals surface area contributed by atoms with Crippen LogP contribution in [0.2, 0.25) is 0 Å². The number of hydrogen-bond acceptors (Lipinski definition) is 6. The lowest BCUT2D eigenvalue weighted by Gasteiger charge is -2.25. The number of anilines is 1. The average molecular weight is 521 g/mol. The van der Waals surface area contributed by atoms with Crippen LogP contribution in [-0.4, -0.2) is 56.0 Å². The molecule has 1 atom stereocenters. The van der Waals surface area contributed by atoms with Crippen LogP contribution in [0.3, 0.4) is 0 Å². The van der Waals surface area contributed by atoms with E-state index >= 15 is 0 Å². The van der Waals surface area contributed by atoms with E-state index in [9.17, 15) is 14.0 Å². The molecule has 1 heterocycles. The molecule has 4 rings (SSSR count). The molecule has 2 amide bonds. The number of hydrogen-bond donors (Lipinski definition) is 2. The third-order valence-electron chi connectivity index (χ3n) is 6.46. The molecule has 2 aromatic carbocycles. The van der Waals surface area contributed by atoms with Gasteiger partial charge < -0.3 is 25.0 Å². The first-order chi connectivity index (χ1) is 18.4. The Morgan fingerprint density at radius 1 is 1.08 bits per heavy atom. The number of ether oxygens (including phenoxy) is 2. The van der Waals surface area contributed by atoms with Gasteiger partial charge in [-0.3, -0.25) is 14.6 Å². The van der Waals surface area contributed by atoms with Crippen molar-refractivity contribution in [3.05, 3.63) is 77.1 Å². The van der Waals surface area contributed by atoms with Crippen LogP contribution in [0.4, 0.5) is 10.1 Å². The first-order valence-corrected chi connectivity index (χ1v) is 12.6. The minimum absolute atomic E-state index is 0.125. The Kier molecular flexibility index (Phi) is 8.91. The number of aryl methyl sites for hydroxylation is 1. The smallest absolute Gasteiger partial charge is 0.269 e. The third-order valence-corrected chi connectivity index (χ3v) is 6.46. The normalized spacial score (nSPS) is 14.5. The maximum absolute atomic E-state index is 13.3. The van der Waals surface area contributed by atoms with E-state index in [1.54, 1.807) is 37.4 Å². The van der Waals surface area contributed by atoms with Gasteiger partial charge in [-0.1, -0.05) is 12.1 Å². The van der Waals surface area contributed by atoms with E-state index in [4.69, 9.17) is 9.47 Å². The number of aromatic nitrogens is 1. The van der Waals surface area contributed by atoms with Gasteiger partial charge >= 0.3 is 0 Å². The zero-order chi connectivity index (χ0) is 27.1. The highest BCUT2D eigenvalue weighted by atomic mass is 19.1. The number of nitrogens with zero attached hydrogens (tertiary/aromatic N) is 2. The van der Waals surface area contributed by atoms with Crippen molar-refractivity contribution in [2.45, 2.75) is 25.9 Å². The van der Waals surface area contributed by atoms with Gasteiger partial charge in [0.15, 0.2) is 0 Å². The Labute approximate surface area is 222 Å². The molecular weight excluding hydrogens is 487 g/mol. The van der Waals surface area contributed by atoms with Crippen molar-refractivity contribution < 1.29 is 23.5 Å². The second-order valence-corrected chi connectivity index (χ2v) is 9.53. The Hall–Kier alpha value is -3.98. The summed E-state index contributed by atoms with van der Waals surface area (Å²) in [5.74, 6) is 0.974. The van der Waals surface area contributed by atoms with Gasteiger partial charge in [0.25, 0.3) is 5.91 Å². The van der Waals surface area contributed by atoms with Gasteiger partial charge in [-0.05, 0) is 80.4 Å². The highest BCUT2D eigenvalue weighted by molar-refractivity contribution is 5.94. The lowest BCUT2D eigenvalue weighted by atomic mass is 9.83. The number of halogens is 1. The Morgan fingerprint density at radius 3 is 2.66 bits per heavy atom. The minimum atomic E-state index is -0.623. The molecule has 1 aliphatic carbocycles. The molecule has 0 saturated carbocycles. The zero-order valence-electron chi connectivity index (χ0n) is 21.9. The summed E-state index contributed by atoms with van der Waals surface area (Å²) in [5, 5.41) is 5.53. The van der Waals surface area contributed by atoms with Crippen LogP contribution in [0.15, 0.2) is 54.7 Å². The van der Waals surface area contributed by atoms with Crippen molar-refractivity contribution >= 4 is 17.5 Å². The van der Waals surface area contributed by atoms with Crippen LogP contribution in [0.5, 0.6) is 17.2 Å². The number of carbonyl (C=O) groups is 2. The average Bonchev–Trinajstić information content (AvgIpc) is 2.92. The monoisotopic (exact) mass is 520 g/mol. The molecular formula is C29H33FN4O4. The van der Waals surface area contributed by atoms with Crippen LogP contribution < -0.4 is 20.1 Å². The summed E-state index contributed by atoms with van der Waals surface area (Å²) < 4.78 is 25.2. The largest absolute Gasteiger partial charge is 0.490 e. The van der Waals surface area contributed by atoms with E-state index in [0.717, 1.165) is 12.0 Å². The Balaban J connectivity index is 1.45. The Morgan fingerprint density at radius 2 is 1.89 bits per heavy atom. The van der Waals surface area contributed by atoms with Crippen molar-refractivity contribution in [2.24, 2.45) is 5.92 Å². The van der Waals surface area contributed by atoms with Gasteiger partial charge in [0, 0.05) is 31.8 Å². The van der Waals surface area contributed by atoms with Gasteiger partial charge in [-0.15, -0.1) is 0 Å². The van der Waals surface area contributed by atoms with E-state index in [0.29, 0.717) is 54.5 Å². The van der Waals surface area contributed by atoms with Gasteiger partial charge in [-0.2, -0.15) is 0 Å². The van der Waals surface area contributed by atoms with Crippen molar-refractivity contribution in [2.75, 3.05) is 39.6 Å². The van der Waals surface area contributed by atoms with Crippen molar-refractivity contribution in [1.29, 1.82) is 0 Å². The number of alkyl halides is 1. The second kappa shape index (κ2) is 12.5. The molecule has 2 N–H and O–H groups in total. The van der Waals surface area contributed by atoms with Crippen LogP contribution >= 0.6 is 0 Å². The topological polar surface area (TPSA) is 92.8 Å². The van der Waals surface area contributed by atoms with Crippen LogP contribution in [0, 0.1) is 5.92 Å². The molecule has 1 aromatic heterocycles. The SMILES string of the molecule is CNC(=O)c1cc(Oc2ccc3c(c2)CC(C(=O)Nc2cc(CF)ccc2OCCN(C)C)CC3)ccn1. The minimum Gasteiger partial charge on any atom is -0.490 e. The summed E-state index contributed by atoms with van der Waals surface area (Å²) in [5.41, 5.74) is 3.44. The fraction of sp³-hybridized carbons (Fsp3) is 0.345. The molecule has 200 valence electrons. The van der Waals surface area contributed by atoms with E-state index in [1.807, 2.05) is 37.2 Å². The first-order valence-electron chi connectivity index (χ1n) is 12.6. The number of likely N-dealkylation sites (N-methyl/N-ethyl adjacent to an activating group) is 1. The van der Waals surface area contributed by atoms with E-state index in [2.05, 4.69) is 15.6 Å². The molecule has 8 nitrogen and oxygen atoms in total. The quantitative estimate of drug-likeness (QED) is 0.412. The molecule has 0 radical (unpaired) electrons. The van der Waals surface area contributed by atoms with E-state index < -0.39 is 6.67 Å². The van der Waals surface area contributed by atoms with Crippen LogP contribution in [0.1, 0.15) is 33.6 Å². The molecule has 0 aliphatic heterocycles. The lowest BCUT2D eigenvalue weighted by molar-refractivity contribution is -0.120. The molecule has 3 aromatic rings. The van der Waals surface area contributed by atoms with Crippen molar-refractivity contribution in [3.8, 4) is 17.2 Å². The van der Waals surface area contributed by atoms with Crippen molar-refractivity contribution in [3.63, 3.8) is 0 Å². The molecule has 0 fully saturated rings. The molecule has 1 unspecified atom stereocenters. The molecule has 1 aliphatic rings. The number of pyridine rings is 1. The summed E-state index contributed by atoms with van der Waals surface area (Å²) in [4.78, 5) is 31.2. The summed E-state index contributed by atoms with van der Waals surface area (Å²) in [6.45, 7) is 0.545. The molecule has 0 spiro atoms. The number of amides is 2. The van der Waals surface area contributed by atoms with Gasteiger partial charge in [0.1, 0.15) is 36.2 Å². The van der Waals surface area contributed by atoms with Crippen LogP contribution in [0.25, 0.3) is 0 Å². The summed E-state index contributed by atoms with van der Waals surface area (Å²) in [6, 6.07) is 14.1. The standard InChI is InChI=1S/C29H33FN4O4/c1-31-29(36)26-17-24(10-11-32-26)38-23-8-7-20-5-6-21(15-22(20)16-23)28(35)33-25-14-19(18-30)4-9-27(25)37-13-12-34(2)3/h4,7-11,14,16-17,21H,5-6,12-13,15,18H2,1-3H3,(H,31,36)(H,33,35). The number of carbonyl (C=O) groups excluding carboxylic acids is 2. The van der Waals surface area contributed by atoms with Gasteiger partial charge in [0.2, 0.25) is 5.91 Å². The highest BCUT2D eigenvalue weighted by Gasteiger charge is 2.26. The zero-order valence-corrected chi connectivity index (χ0v) is 21.9. The predicted octanol–water partition coefficient (Wildman–Crippen LogP) is 4.39. The number of benzene rings is 2. The molecule has 0 bridgehead atoms. The maximum Gasteiger partial charge on any atom is 0.269 e. The fourth-order valence-electron chi connectivity index (χ4n) is 4.34. The third kappa shape index (κ3) is 6.86. The summed E-state index contributed by atoms with van der Waals surface area (Å²) >= 11 is 0. The maximum atomic E-state index is 13.3. The molecule has 0 saturated heterocycles. The molecule has 38 heavy (non-hydrogen) atoms. The lowest BCUT2D eigenvalue weighted by Crippen LogP contribution is -2.28. The van der Waals surface area contributed by atoms with Gasteiger partial charge in [0.05, 0.1) is 5.69 Å². The number of fused-ring (bicyclic) bond motifs is 1. The Bertz CT molecular complexity index is 1300. The second-order valence-electron chi connectivity index (χ2n) is 9.53. The van der Waals surface area contributed by atoms with Crippen LogP contribution in [-0.2, 0) is 24.3 Å². The van der Waals surface area contributed by atoms with Gasteiger partial charge in [-0.25, -0.2) is 4.39 Å². The predicted molar refractivity (Wildman–Crippen MR) is 144 cm³/mol. The fourth-order valence-corrected chi connectivity index (χ4v) is 4.34. The van der Waals surface area contributed by atoms with Crippen molar-refractivity contribution in [1.82, 2.24) is 15.2 Å². The molecule has 9 heteroatoms. The van der Waals surface area contributed by atoms with E-state index in [-0.39, 0.29) is 23.4 Å². The van der Waals surface area contributed by atoms with E-state index in [1.165, 1.54) is 11.8 Å².